The number of rotatable bonds is 15. The van der Waals surface area contributed by atoms with Gasteiger partial charge in [-0.05, 0) is 52.4 Å². The summed E-state index contributed by atoms with van der Waals surface area (Å²) in [7, 11) is 0. The van der Waals surface area contributed by atoms with E-state index < -0.39 is 95.4 Å². The lowest BCUT2D eigenvalue weighted by molar-refractivity contribution is -0.160. The molecule has 0 spiro atoms. The van der Waals surface area contributed by atoms with Crippen molar-refractivity contribution < 1.29 is 58.8 Å². The molecule has 0 amide bonds. The summed E-state index contributed by atoms with van der Waals surface area (Å²) in [5.74, 6) is -22.1. The van der Waals surface area contributed by atoms with Gasteiger partial charge in [-0.25, -0.2) is 0 Å². The Balaban J connectivity index is 7.01. The molecule has 178 valence electrons. The van der Waals surface area contributed by atoms with Gasteiger partial charge in [0, 0.05) is 0 Å². The van der Waals surface area contributed by atoms with Crippen LogP contribution in [-0.2, 0) is 38.4 Å². The Morgan fingerprint density at radius 3 is 0.844 bits per heavy atom. The largest absolute Gasteiger partial charge is 0.481 e. The lowest BCUT2D eigenvalue weighted by atomic mass is 9.65. The molecule has 0 saturated heterocycles. The van der Waals surface area contributed by atoms with Crippen molar-refractivity contribution in [3.8, 4) is 0 Å². The zero-order valence-electron chi connectivity index (χ0n) is 17.9. The minimum absolute atomic E-state index is 0.843. The van der Waals surface area contributed by atoms with E-state index >= 15 is 0 Å². The molecule has 0 aromatic rings. The number of ketones is 4. The maximum absolute atomic E-state index is 12.1. The Kier molecular flexibility index (Phi) is 10.5. The van der Waals surface area contributed by atoms with Gasteiger partial charge < -0.3 is 20.4 Å². The van der Waals surface area contributed by atoms with Crippen LogP contribution in [0.4, 0.5) is 0 Å². The molecule has 12 heteroatoms. The van der Waals surface area contributed by atoms with Gasteiger partial charge in [0.2, 0.25) is 0 Å². The average molecular weight is 458 g/mol. The SMILES string of the molecule is CC(=O)C(C[C@H](C(C(C)=O)C(=O)O)C(C[C@H](C(C)=O)C(=O)O)C(C(C)=O)C(=O)O)C(=O)O. The van der Waals surface area contributed by atoms with E-state index in [4.69, 9.17) is 0 Å². The van der Waals surface area contributed by atoms with Gasteiger partial charge in [-0.3, -0.25) is 38.4 Å². The second-order valence-corrected chi connectivity index (χ2v) is 7.66. The Morgan fingerprint density at radius 1 is 0.469 bits per heavy atom. The normalized spacial score (nSPS) is 16.5. The lowest BCUT2D eigenvalue weighted by Crippen LogP contribution is -2.45. The first kappa shape index (κ1) is 28.6. The summed E-state index contributed by atoms with van der Waals surface area (Å²) in [4.78, 5) is 94.8. The van der Waals surface area contributed by atoms with Crippen LogP contribution in [0.1, 0.15) is 40.5 Å². The highest BCUT2D eigenvalue weighted by Crippen LogP contribution is 2.39. The van der Waals surface area contributed by atoms with Crippen LogP contribution in [0.15, 0.2) is 0 Å². The van der Waals surface area contributed by atoms with Crippen molar-refractivity contribution in [2.45, 2.75) is 40.5 Å². The first-order valence-electron chi connectivity index (χ1n) is 9.47. The Hall–Kier alpha value is -3.44. The first-order valence-corrected chi connectivity index (χ1v) is 9.47. The molecule has 0 aliphatic heterocycles. The molecule has 0 aliphatic carbocycles. The molecular formula is C20H26O12. The predicted octanol–water partition coefficient (Wildman–Crippen LogP) is 0.158. The molecule has 0 fully saturated rings. The number of hydrogen-bond donors (Lipinski definition) is 4. The van der Waals surface area contributed by atoms with Gasteiger partial charge in [-0.2, -0.15) is 0 Å². The van der Waals surface area contributed by atoms with E-state index in [1.165, 1.54) is 0 Å². The molecule has 0 saturated carbocycles. The second kappa shape index (κ2) is 11.8. The minimum atomic E-state index is -2.05. The third-order valence-corrected chi connectivity index (χ3v) is 5.41. The summed E-state index contributed by atoms with van der Waals surface area (Å²) >= 11 is 0. The summed E-state index contributed by atoms with van der Waals surface area (Å²) in [5.41, 5.74) is 0. The highest BCUT2D eigenvalue weighted by atomic mass is 16.4. The molecule has 4 unspecified atom stereocenters. The van der Waals surface area contributed by atoms with Crippen molar-refractivity contribution in [1.29, 1.82) is 0 Å². The van der Waals surface area contributed by atoms with Crippen LogP contribution in [0.25, 0.3) is 0 Å². The number of hydrogen-bond acceptors (Lipinski definition) is 8. The number of aliphatic carboxylic acids is 4. The van der Waals surface area contributed by atoms with Gasteiger partial charge in [0.1, 0.15) is 46.8 Å². The molecule has 0 radical (unpaired) electrons. The quantitative estimate of drug-likeness (QED) is 0.241. The van der Waals surface area contributed by atoms with Crippen LogP contribution in [0.3, 0.4) is 0 Å². The molecule has 0 heterocycles. The van der Waals surface area contributed by atoms with Crippen molar-refractivity contribution in [3.05, 3.63) is 0 Å². The van der Waals surface area contributed by atoms with Crippen molar-refractivity contribution in [2.24, 2.45) is 35.5 Å². The third-order valence-electron chi connectivity index (χ3n) is 5.41. The number of carboxylic acids is 4. The fourth-order valence-electron chi connectivity index (χ4n) is 3.86. The molecule has 12 nitrogen and oxygen atoms in total. The maximum Gasteiger partial charge on any atom is 0.314 e. The van der Waals surface area contributed by atoms with Crippen LogP contribution in [0, 0.1) is 35.5 Å². The number of carboxylic acid groups (broad SMARTS) is 4. The number of Topliss-reactive ketones (excluding diaryl/α,β-unsaturated/α-hetero) is 4. The average Bonchev–Trinajstić information content (AvgIpc) is 2.58. The molecule has 32 heavy (non-hydrogen) atoms. The molecule has 4 N–H and O–H groups in total. The highest BCUT2D eigenvalue weighted by Gasteiger charge is 2.48. The van der Waals surface area contributed by atoms with E-state index in [0.29, 0.717) is 0 Å². The fraction of sp³-hybridized carbons (Fsp3) is 0.600. The number of carbonyl (C=O) groups is 8. The van der Waals surface area contributed by atoms with Crippen LogP contribution >= 0.6 is 0 Å². The smallest absolute Gasteiger partial charge is 0.314 e. The van der Waals surface area contributed by atoms with E-state index in [9.17, 15) is 58.8 Å². The fourth-order valence-corrected chi connectivity index (χ4v) is 3.86. The Morgan fingerprint density at radius 2 is 0.719 bits per heavy atom. The molecule has 0 bridgehead atoms. The van der Waals surface area contributed by atoms with Crippen molar-refractivity contribution >= 4 is 47.0 Å². The van der Waals surface area contributed by atoms with Crippen molar-refractivity contribution in [1.82, 2.24) is 0 Å². The maximum atomic E-state index is 12.1. The zero-order chi connectivity index (χ0) is 25.5. The third kappa shape index (κ3) is 7.36. The van der Waals surface area contributed by atoms with Gasteiger partial charge in [0.05, 0.1) is 0 Å². The summed E-state index contributed by atoms with van der Waals surface area (Å²) in [6.45, 7) is 3.47. The first-order chi connectivity index (χ1) is 14.5. The van der Waals surface area contributed by atoms with Crippen LogP contribution < -0.4 is 0 Å². The Labute approximate surface area is 182 Å². The van der Waals surface area contributed by atoms with Crippen molar-refractivity contribution in [3.63, 3.8) is 0 Å². The van der Waals surface area contributed by atoms with E-state index in [0.717, 1.165) is 27.7 Å². The summed E-state index contributed by atoms with van der Waals surface area (Å²) < 4.78 is 0. The van der Waals surface area contributed by atoms with Gasteiger partial charge in [0.25, 0.3) is 0 Å². The number of carbonyl (C=O) groups excluding carboxylic acids is 4. The predicted molar refractivity (Wildman–Crippen MR) is 103 cm³/mol. The molecule has 0 aliphatic rings. The van der Waals surface area contributed by atoms with Crippen molar-refractivity contribution in [2.75, 3.05) is 0 Å². The summed E-state index contributed by atoms with van der Waals surface area (Å²) in [5, 5.41) is 37.9. The summed E-state index contributed by atoms with van der Waals surface area (Å²) in [6.07, 6.45) is -1.71. The second-order valence-electron chi connectivity index (χ2n) is 7.66. The van der Waals surface area contributed by atoms with Crippen LogP contribution in [0.2, 0.25) is 0 Å². The minimum Gasteiger partial charge on any atom is -0.481 e. The standard InChI is InChI=1S/C20H26O12/c1-7(21)11(17(25)26)5-13(15(9(3)23)19(29)30)14(16(10(4)24)20(31)32)6-12(8(2)22)18(27)28/h11-16H,5-6H2,1-4H3,(H,25,26)(H,27,28)(H,29,30)(H,31,32)/t11-,12?,13?,14+,15?,16?/m1/s1. The molecule has 0 aromatic carbocycles. The molecular weight excluding hydrogens is 432 g/mol. The van der Waals surface area contributed by atoms with E-state index in [2.05, 4.69) is 0 Å². The summed E-state index contributed by atoms with van der Waals surface area (Å²) in [6, 6.07) is 0. The monoisotopic (exact) mass is 458 g/mol. The molecule has 0 rings (SSSR count). The van der Waals surface area contributed by atoms with E-state index in [1.807, 2.05) is 0 Å². The van der Waals surface area contributed by atoms with E-state index in [-0.39, 0.29) is 0 Å². The van der Waals surface area contributed by atoms with Crippen LogP contribution in [-0.4, -0.2) is 67.4 Å². The van der Waals surface area contributed by atoms with Gasteiger partial charge >= 0.3 is 23.9 Å². The highest BCUT2D eigenvalue weighted by molar-refractivity contribution is 6.01. The Bertz CT molecular complexity index is 702. The van der Waals surface area contributed by atoms with Gasteiger partial charge in [-0.15, -0.1) is 0 Å². The topological polar surface area (TPSA) is 217 Å². The van der Waals surface area contributed by atoms with Gasteiger partial charge in [0.15, 0.2) is 0 Å². The van der Waals surface area contributed by atoms with Gasteiger partial charge in [-0.1, -0.05) is 0 Å². The van der Waals surface area contributed by atoms with E-state index in [1.54, 1.807) is 0 Å². The molecule has 6 atom stereocenters. The molecule has 0 aromatic heterocycles. The zero-order valence-corrected chi connectivity index (χ0v) is 17.9. The lowest BCUT2D eigenvalue weighted by Gasteiger charge is -2.35. The van der Waals surface area contributed by atoms with Crippen LogP contribution in [0.5, 0.6) is 0 Å².